The number of nitrogens with one attached hydrogen (secondary N) is 1. The highest BCUT2D eigenvalue weighted by Crippen LogP contribution is 2.30. The third kappa shape index (κ3) is 4.84. The van der Waals surface area contributed by atoms with E-state index in [9.17, 15) is 10.1 Å². The highest BCUT2D eigenvalue weighted by molar-refractivity contribution is 6.31. The van der Waals surface area contributed by atoms with Crippen molar-refractivity contribution in [3.8, 4) is 17.6 Å². The molecule has 0 aliphatic heterocycles. The fourth-order valence-electron chi connectivity index (χ4n) is 2.60. The number of hydrogen-bond donors (Lipinski definition) is 1. The van der Waals surface area contributed by atoms with Gasteiger partial charge in [-0.25, -0.2) is 0 Å². The first-order valence-electron chi connectivity index (χ1n) is 8.68. The fraction of sp³-hybridized carbons (Fsp3) is 0.350. The van der Waals surface area contributed by atoms with Gasteiger partial charge in [0.15, 0.2) is 11.5 Å². The Bertz CT molecular complexity index is 942. The largest absolute Gasteiger partial charge is 0.493 e. The second-order valence-electron chi connectivity index (χ2n) is 6.56. The molecule has 7 nitrogen and oxygen atoms in total. The third-order valence-corrected chi connectivity index (χ3v) is 4.34. The van der Waals surface area contributed by atoms with Crippen molar-refractivity contribution in [2.24, 2.45) is 5.92 Å². The van der Waals surface area contributed by atoms with Crippen molar-refractivity contribution >= 4 is 29.3 Å². The van der Waals surface area contributed by atoms with E-state index in [-0.39, 0.29) is 5.57 Å². The molecule has 0 saturated heterocycles. The van der Waals surface area contributed by atoms with Gasteiger partial charge in [-0.05, 0) is 31.1 Å². The molecule has 0 fully saturated rings. The number of aryl methyl sites for hydroxylation is 1. The van der Waals surface area contributed by atoms with E-state index < -0.39 is 5.91 Å². The van der Waals surface area contributed by atoms with Gasteiger partial charge in [0.25, 0.3) is 5.91 Å². The Kier molecular flexibility index (Phi) is 7.07. The van der Waals surface area contributed by atoms with E-state index in [1.165, 1.54) is 20.3 Å². The van der Waals surface area contributed by atoms with Crippen LogP contribution < -0.4 is 14.8 Å². The molecule has 2 rings (SSSR count). The molecule has 2 aromatic rings. The normalized spacial score (nSPS) is 11.3. The van der Waals surface area contributed by atoms with E-state index >= 15 is 0 Å². The van der Waals surface area contributed by atoms with Gasteiger partial charge in [0.05, 0.1) is 19.9 Å². The van der Waals surface area contributed by atoms with E-state index in [1.54, 1.807) is 29.8 Å². The molecule has 0 bridgehead atoms. The van der Waals surface area contributed by atoms with Crippen molar-refractivity contribution in [2.75, 3.05) is 19.5 Å². The summed E-state index contributed by atoms with van der Waals surface area (Å²) >= 11 is 6.40. The van der Waals surface area contributed by atoms with Crippen LogP contribution in [0.4, 0.5) is 5.69 Å². The summed E-state index contributed by atoms with van der Waals surface area (Å²) in [5.74, 6) is 0.812. The first-order valence-corrected chi connectivity index (χ1v) is 9.06. The van der Waals surface area contributed by atoms with Crippen LogP contribution in [0, 0.1) is 24.2 Å². The van der Waals surface area contributed by atoms with Gasteiger partial charge in [-0.2, -0.15) is 10.4 Å². The van der Waals surface area contributed by atoms with Crippen molar-refractivity contribution in [1.29, 1.82) is 5.26 Å². The smallest absolute Gasteiger partial charge is 0.266 e. The maximum Gasteiger partial charge on any atom is 0.266 e. The lowest BCUT2D eigenvalue weighted by atomic mass is 10.1. The zero-order chi connectivity index (χ0) is 20.8. The Balaban J connectivity index is 2.29. The molecule has 0 spiro atoms. The van der Waals surface area contributed by atoms with Gasteiger partial charge < -0.3 is 14.8 Å². The van der Waals surface area contributed by atoms with Crippen LogP contribution in [0.15, 0.2) is 23.8 Å². The number of halogens is 1. The number of ether oxygens (including phenoxy) is 2. The number of hydrogen-bond acceptors (Lipinski definition) is 5. The number of aromatic nitrogens is 2. The second kappa shape index (κ2) is 9.29. The first kappa shape index (κ1) is 21.3. The lowest BCUT2D eigenvalue weighted by Gasteiger charge is -2.10. The molecule has 1 aromatic carbocycles. The summed E-state index contributed by atoms with van der Waals surface area (Å²) in [5, 5.41) is 16.9. The molecular formula is C20H23ClN4O3. The fourth-order valence-corrected chi connectivity index (χ4v) is 2.90. The Hall–Kier alpha value is -2.98. The number of carbonyl (C=O) groups is 1. The molecule has 8 heteroatoms. The summed E-state index contributed by atoms with van der Waals surface area (Å²) in [6, 6.07) is 6.87. The van der Waals surface area contributed by atoms with Crippen LogP contribution in [0.3, 0.4) is 0 Å². The summed E-state index contributed by atoms with van der Waals surface area (Å²) in [5.41, 5.74) is 1.60. The number of amides is 1. The summed E-state index contributed by atoms with van der Waals surface area (Å²) in [6.07, 6.45) is 1.46. The maximum atomic E-state index is 12.6. The molecular weight excluding hydrogens is 380 g/mol. The maximum absolute atomic E-state index is 12.6. The molecule has 0 radical (unpaired) electrons. The average Bonchev–Trinajstić information content (AvgIpc) is 2.91. The van der Waals surface area contributed by atoms with Crippen LogP contribution in [0.25, 0.3) is 6.08 Å². The van der Waals surface area contributed by atoms with Gasteiger partial charge in [-0.3, -0.25) is 9.48 Å². The van der Waals surface area contributed by atoms with Crippen LogP contribution in [0.5, 0.6) is 11.5 Å². The van der Waals surface area contributed by atoms with Crippen LogP contribution in [0.1, 0.15) is 25.1 Å². The second-order valence-corrected chi connectivity index (χ2v) is 6.92. The minimum atomic E-state index is -0.554. The topological polar surface area (TPSA) is 89.2 Å². The number of nitriles is 1. The number of benzene rings is 1. The number of methoxy groups -OCH3 is 2. The van der Waals surface area contributed by atoms with Crippen LogP contribution in [0.2, 0.25) is 5.15 Å². The van der Waals surface area contributed by atoms with Gasteiger partial charge in [0.2, 0.25) is 0 Å². The van der Waals surface area contributed by atoms with Gasteiger partial charge in [-0.15, -0.1) is 0 Å². The summed E-state index contributed by atoms with van der Waals surface area (Å²) < 4.78 is 12.1. The Morgan fingerprint density at radius 2 is 2.04 bits per heavy atom. The number of rotatable bonds is 7. The van der Waals surface area contributed by atoms with Crippen molar-refractivity contribution in [1.82, 2.24) is 9.78 Å². The number of carbonyl (C=O) groups excluding carboxylic acids is 1. The molecule has 1 heterocycles. The molecule has 0 saturated carbocycles. The van der Waals surface area contributed by atoms with Crippen molar-refractivity contribution < 1.29 is 14.3 Å². The highest BCUT2D eigenvalue weighted by atomic mass is 35.5. The lowest BCUT2D eigenvalue weighted by Crippen LogP contribution is -2.13. The monoisotopic (exact) mass is 402 g/mol. The van der Waals surface area contributed by atoms with Crippen molar-refractivity contribution in [3.63, 3.8) is 0 Å². The minimum absolute atomic E-state index is 0.0797. The predicted octanol–water partition coefficient (Wildman–Crippen LogP) is 4.06. The molecule has 1 aromatic heterocycles. The first-order chi connectivity index (χ1) is 13.3. The predicted molar refractivity (Wildman–Crippen MR) is 109 cm³/mol. The molecule has 1 N–H and O–H groups in total. The molecule has 0 aliphatic carbocycles. The van der Waals surface area contributed by atoms with Crippen LogP contribution in [-0.4, -0.2) is 29.9 Å². The van der Waals surface area contributed by atoms with E-state index in [0.717, 1.165) is 0 Å². The summed E-state index contributed by atoms with van der Waals surface area (Å²) in [6.45, 7) is 6.54. The van der Waals surface area contributed by atoms with E-state index in [1.807, 2.05) is 6.07 Å². The molecule has 0 atom stereocenters. The van der Waals surface area contributed by atoms with E-state index in [0.29, 0.717) is 46.1 Å². The van der Waals surface area contributed by atoms with Gasteiger partial charge in [0, 0.05) is 23.9 Å². The quantitative estimate of drug-likeness (QED) is 0.557. The molecule has 0 aliphatic rings. The van der Waals surface area contributed by atoms with E-state index in [2.05, 4.69) is 24.3 Å². The molecule has 28 heavy (non-hydrogen) atoms. The Morgan fingerprint density at radius 1 is 1.36 bits per heavy atom. The Labute approximate surface area is 169 Å². The van der Waals surface area contributed by atoms with Gasteiger partial charge in [-0.1, -0.05) is 25.4 Å². The SMILES string of the molecule is COc1ccc(NC(=O)/C(C#N)=C/c2c(C)nn(CC(C)C)c2Cl)cc1OC. The van der Waals surface area contributed by atoms with Gasteiger partial charge in [0.1, 0.15) is 16.8 Å². The van der Waals surface area contributed by atoms with Crippen LogP contribution in [-0.2, 0) is 11.3 Å². The van der Waals surface area contributed by atoms with Crippen molar-refractivity contribution in [3.05, 3.63) is 40.2 Å². The zero-order valence-electron chi connectivity index (χ0n) is 16.5. The highest BCUT2D eigenvalue weighted by Gasteiger charge is 2.17. The standard InChI is InChI=1S/C20H23ClN4O3/c1-12(2)11-25-19(21)16(13(3)24-25)8-14(10-22)20(26)23-15-6-7-17(27-4)18(9-15)28-5/h6-9,12H,11H2,1-5H3,(H,23,26)/b14-8+. The van der Waals surface area contributed by atoms with Crippen LogP contribution >= 0.6 is 11.6 Å². The lowest BCUT2D eigenvalue weighted by molar-refractivity contribution is -0.112. The number of anilines is 1. The summed E-state index contributed by atoms with van der Waals surface area (Å²) in [4.78, 5) is 12.6. The average molecular weight is 403 g/mol. The molecule has 0 unspecified atom stereocenters. The summed E-state index contributed by atoms with van der Waals surface area (Å²) in [7, 11) is 3.03. The van der Waals surface area contributed by atoms with Crippen molar-refractivity contribution in [2.45, 2.75) is 27.3 Å². The number of nitrogens with zero attached hydrogens (tertiary/aromatic N) is 3. The molecule has 148 valence electrons. The minimum Gasteiger partial charge on any atom is -0.493 e. The zero-order valence-corrected chi connectivity index (χ0v) is 17.3. The van der Waals surface area contributed by atoms with E-state index in [4.69, 9.17) is 21.1 Å². The Morgan fingerprint density at radius 3 is 2.61 bits per heavy atom. The van der Waals surface area contributed by atoms with Gasteiger partial charge >= 0.3 is 0 Å². The third-order valence-electron chi connectivity index (χ3n) is 3.94. The molecule has 1 amide bonds.